The maximum atomic E-state index is 12.0. The second kappa shape index (κ2) is 16.3. The SMILES string of the molecule is CC.CCC1=CCC(C#Cc2ccc(C(=O)NC(C=O)CN)cc2)C=C1.CNO. The summed E-state index contributed by atoms with van der Waals surface area (Å²) in [5.74, 6) is 6.30. The van der Waals surface area contributed by atoms with Crippen molar-refractivity contribution >= 4 is 12.2 Å². The van der Waals surface area contributed by atoms with E-state index in [2.05, 4.69) is 42.3 Å². The van der Waals surface area contributed by atoms with Gasteiger partial charge < -0.3 is 21.1 Å². The van der Waals surface area contributed by atoms with Gasteiger partial charge in [-0.1, -0.05) is 56.4 Å². The summed E-state index contributed by atoms with van der Waals surface area (Å²) in [6.07, 6.45) is 9.13. The average molecular weight is 400 g/mol. The highest BCUT2D eigenvalue weighted by Gasteiger charge is 2.11. The predicted molar refractivity (Wildman–Crippen MR) is 118 cm³/mol. The van der Waals surface area contributed by atoms with E-state index in [0.717, 1.165) is 18.4 Å². The Morgan fingerprint density at radius 2 is 1.97 bits per heavy atom. The minimum atomic E-state index is -0.656. The molecule has 2 atom stereocenters. The van der Waals surface area contributed by atoms with Gasteiger partial charge >= 0.3 is 0 Å². The molecule has 0 saturated heterocycles. The number of rotatable bonds is 5. The van der Waals surface area contributed by atoms with E-state index in [0.29, 0.717) is 11.8 Å². The molecule has 6 heteroatoms. The van der Waals surface area contributed by atoms with Gasteiger partial charge in [0, 0.05) is 30.6 Å². The molecule has 0 aromatic heterocycles. The summed E-state index contributed by atoms with van der Waals surface area (Å²) < 4.78 is 0. The van der Waals surface area contributed by atoms with Gasteiger partial charge in [-0.15, -0.1) is 0 Å². The predicted octanol–water partition coefficient (Wildman–Crippen LogP) is 2.83. The third-order valence-corrected chi connectivity index (χ3v) is 3.87. The summed E-state index contributed by atoms with van der Waals surface area (Å²) in [6.45, 7) is 6.23. The maximum Gasteiger partial charge on any atom is 0.251 e. The topological polar surface area (TPSA) is 104 Å². The van der Waals surface area contributed by atoms with E-state index in [1.165, 1.54) is 12.6 Å². The molecule has 0 radical (unpaired) electrons. The summed E-state index contributed by atoms with van der Waals surface area (Å²) in [7, 11) is 1.43. The number of hydrogen-bond acceptors (Lipinski definition) is 5. The Hall–Kier alpha value is -2.72. The van der Waals surface area contributed by atoms with Crippen LogP contribution in [0.4, 0.5) is 0 Å². The van der Waals surface area contributed by atoms with Gasteiger partial charge in [0.15, 0.2) is 0 Å². The number of nitrogens with two attached hydrogens (primary N) is 1. The van der Waals surface area contributed by atoms with Crippen molar-refractivity contribution in [2.45, 2.75) is 39.7 Å². The van der Waals surface area contributed by atoms with Crippen molar-refractivity contribution < 1.29 is 14.8 Å². The van der Waals surface area contributed by atoms with Crippen LogP contribution in [0, 0.1) is 17.8 Å². The first-order valence-electron chi connectivity index (χ1n) is 9.83. The standard InChI is InChI=1S/C20H22N2O2.C2H6.CH5NO/c1-2-15-3-5-16(6-4-15)7-8-17-9-11-18(12-10-17)20(24)22-19(13-21)14-23;1-2;1-2-3/h3-5,9-12,14,16,19H,2,6,13,21H2,1H3,(H,22,24);1-2H3;2-3H,1H3. The van der Waals surface area contributed by atoms with Crippen LogP contribution in [0.3, 0.4) is 0 Å². The first-order chi connectivity index (χ1) is 14.1. The number of hydroxylamine groups is 1. The van der Waals surface area contributed by atoms with Gasteiger partial charge in [-0.2, -0.15) is 0 Å². The minimum Gasteiger partial charge on any atom is -0.341 e. The second-order valence-electron chi connectivity index (χ2n) is 5.86. The van der Waals surface area contributed by atoms with E-state index in [1.54, 1.807) is 29.7 Å². The molecule has 158 valence electrons. The van der Waals surface area contributed by atoms with Crippen LogP contribution in [-0.2, 0) is 4.79 Å². The van der Waals surface area contributed by atoms with E-state index in [-0.39, 0.29) is 18.4 Å². The van der Waals surface area contributed by atoms with Crippen molar-refractivity contribution in [2.75, 3.05) is 13.6 Å². The zero-order valence-electron chi connectivity index (χ0n) is 17.7. The van der Waals surface area contributed by atoms with Crippen molar-refractivity contribution in [1.82, 2.24) is 10.8 Å². The molecule has 0 fully saturated rings. The summed E-state index contributed by atoms with van der Waals surface area (Å²) in [4.78, 5) is 22.7. The van der Waals surface area contributed by atoms with Crippen molar-refractivity contribution in [2.24, 2.45) is 11.7 Å². The molecule has 0 aliphatic heterocycles. The van der Waals surface area contributed by atoms with Crippen LogP contribution in [0.15, 0.2) is 48.1 Å². The largest absolute Gasteiger partial charge is 0.341 e. The van der Waals surface area contributed by atoms with E-state index in [4.69, 9.17) is 10.9 Å². The molecule has 6 nitrogen and oxygen atoms in total. The fourth-order valence-electron chi connectivity index (χ4n) is 2.32. The minimum absolute atomic E-state index is 0.0852. The Balaban J connectivity index is 0.00000143. The van der Waals surface area contributed by atoms with E-state index in [1.807, 2.05) is 13.8 Å². The van der Waals surface area contributed by atoms with Crippen molar-refractivity contribution in [3.63, 3.8) is 0 Å². The van der Waals surface area contributed by atoms with Gasteiger partial charge in [0.05, 0.1) is 6.04 Å². The quantitative estimate of drug-likeness (QED) is 0.346. The molecule has 29 heavy (non-hydrogen) atoms. The normalized spacial score (nSPS) is 15.1. The van der Waals surface area contributed by atoms with E-state index in [9.17, 15) is 9.59 Å². The number of benzene rings is 1. The number of hydrogen-bond donors (Lipinski definition) is 4. The number of aldehydes is 1. The fraction of sp³-hybridized carbons (Fsp3) is 0.391. The Kier molecular flexibility index (Phi) is 14.7. The molecule has 0 heterocycles. The first-order valence-corrected chi connectivity index (χ1v) is 9.83. The van der Waals surface area contributed by atoms with Crippen LogP contribution in [0.5, 0.6) is 0 Å². The van der Waals surface area contributed by atoms with Crippen LogP contribution in [-0.4, -0.2) is 37.0 Å². The number of carbonyl (C=O) groups is 2. The number of carbonyl (C=O) groups excluding carboxylic acids is 2. The van der Waals surface area contributed by atoms with Gasteiger partial charge in [0.1, 0.15) is 6.29 Å². The van der Waals surface area contributed by atoms with Crippen LogP contribution in [0.2, 0.25) is 0 Å². The Bertz CT molecular complexity index is 728. The van der Waals surface area contributed by atoms with Crippen LogP contribution in [0.1, 0.15) is 49.5 Å². The third-order valence-electron chi connectivity index (χ3n) is 3.87. The lowest BCUT2D eigenvalue weighted by Gasteiger charge is -2.10. The van der Waals surface area contributed by atoms with Crippen molar-refractivity contribution in [3.05, 3.63) is 59.2 Å². The molecule has 1 amide bonds. The van der Waals surface area contributed by atoms with Crippen LogP contribution in [0.25, 0.3) is 0 Å². The first kappa shape index (κ1) is 26.3. The third kappa shape index (κ3) is 10.4. The van der Waals surface area contributed by atoms with Crippen molar-refractivity contribution in [3.8, 4) is 11.8 Å². The number of nitrogens with one attached hydrogen (secondary N) is 2. The molecule has 0 saturated carbocycles. The lowest BCUT2D eigenvalue weighted by molar-refractivity contribution is -0.109. The van der Waals surface area contributed by atoms with Crippen molar-refractivity contribution in [1.29, 1.82) is 0 Å². The lowest BCUT2D eigenvalue weighted by atomic mass is 9.96. The highest BCUT2D eigenvalue weighted by molar-refractivity contribution is 5.95. The van der Waals surface area contributed by atoms with E-state index >= 15 is 0 Å². The molecular weight excluding hydrogens is 366 g/mol. The molecule has 5 N–H and O–H groups in total. The Morgan fingerprint density at radius 1 is 1.34 bits per heavy atom. The fourth-order valence-corrected chi connectivity index (χ4v) is 2.32. The molecule has 0 spiro atoms. The summed E-state index contributed by atoms with van der Waals surface area (Å²) in [6, 6.07) is 6.35. The molecule has 1 aromatic carbocycles. The van der Waals surface area contributed by atoms with E-state index < -0.39 is 6.04 Å². The van der Waals surface area contributed by atoms with Crippen LogP contribution >= 0.6 is 0 Å². The molecular formula is C23H33N3O3. The summed E-state index contributed by atoms with van der Waals surface area (Å²) in [5.41, 5.74) is 9.83. The zero-order chi connectivity index (χ0) is 22.1. The van der Waals surface area contributed by atoms with Gasteiger partial charge in [-0.25, -0.2) is 5.48 Å². The van der Waals surface area contributed by atoms with Gasteiger partial charge in [0.2, 0.25) is 0 Å². The second-order valence-corrected chi connectivity index (χ2v) is 5.86. The molecule has 0 bridgehead atoms. The van der Waals surface area contributed by atoms with Gasteiger partial charge in [-0.3, -0.25) is 4.79 Å². The molecule has 1 aromatic rings. The Morgan fingerprint density at radius 3 is 2.41 bits per heavy atom. The maximum absolute atomic E-state index is 12.0. The molecule has 1 aliphatic rings. The van der Waals surface area contributed by atoms with Gasteiger partial charge in [-0.05, 0) is 37.1 Å². The number of amides is 1. The zero-order valence-corrected chi connectivity index (χ0v) is 17.7. The highest BCUT2D eigenvalue weighted by Crippen LogP contribution is 2.17. The van der Waals surface area contributed by atoms with Gasteiger partial charge in [0.25, 0.3) is 5.91 Å². The highest BCUT2D eigenvalue weighted by atomic mass is 16.5. The molecule has 2 unspecified atom stereocenters. The average Bonchev–Trinajstić information content (AvgIpc) is 2.78. The molecule has 2 rings (SSSR count). The molecule has 1 aliphatic carbocycles. The smallest absolute Gasteiger partial charge is 0.251 e. The summed E-state index contributed by atoms with van der Waals surface area (Å²) in [5, 5.41) is 9.88. The Labute approximate surface area is 174 Å². The number of allylic oxidation sites excluding steroid dienone is 4. The lowest BCUT2D eigenvalue weighted by Crippen LogP contribution is -2.41. The summed E-state index contributed by atoms with van der Waals surface area (Å²) >= 11 is 0. The monoisotopic (exact) mass is 399 g/mol. The van der Waals surface area contributed by atoms with Crippen LogP contribution < -0.4 is 16.5 Å².